The number of ether oxygens (including phenoxy) is 3. The third-order valence-corrected chi connectivity index (χ3v) is 5.62. The molecule has 182 valence electrons. The van der Waals surface area contributed by atoms with Gasteiger partial charge in [-0.05, 0) is 48.0 Å². The molecule has 0 aliphatic carbocycles. The van der Waals surface area contributed by atoms with Crippen molar-refractivity contribution in [2.45, 2.75) is 0 Å². The number of nitrogens with zero attached hydrogens (tertiary/aromatic N) is 5. The van der Waals surface area contributed by atoms with Gasteiger partial charge in [-0.15, -0.1) is 10.2 Å². The summed E-state index contributed by atoms with van der Waals surface area (Å²) < 4.78 is 16.1. The van der Waals surface area contributed by atoms with Crippen LogP contribution in [0.5, 0.6) is 17.2 Å². The van der Waals surface area contributed by atoms with E-state index in [-0.39, 0.29) is 5.91 Å². The Labute approximate surface area is 204 Å². The van der Waals surface area contributed by atoms with Gasteiger partial charge in [-0.2, -0.15) is 0 Å². The second-order valence-electron chi connectivity index (χ2n) is 7.74. The van der Waals surface area contributed by atoms with Gasteiger partial charge in [-0.25, -0.2) is 0 Å². The molecule has 3 aromatic rings. The van der Waals surface area contributed by atoms with E-state index in [2.05, 4.69) is 25.4 Å². The van der Waals surface area contributed by atoms with Crippen LogP contribution < -0.4 is 24.4 Å². The number of aromatic nitrogens is 3. The van der Waals surface area contributed by atoms with Crippen molar-refractivity contribution in [1.29, 1.82) is 0 Å². The summed E-state index contributed by atoms with van der Waals surface area (Å²) in [5, 5.41) is 11.8. The Kier molecular flexibility index (Phi) is 7.61. The van der Waals surface area contributed by atoms with Crippen molar-refractivity contribution < 1.29 is 19.0 Å². The lowest BCUT2D eigenvalue weighted by atomic mass is 10.1. The van der Waals surface area contributed by atoms with Gasteiger partial charge in [-0.1, -0.05) is 0 Å². The van der Waals surface area contributed by atoms with Crippen LogP contribution >= 0.6 is 0 Å². The predicted molar refractivity (Wildman–Crippen MR) is 133 cm³/mol. The first-order chi connectivity index (χ1) is 17.1. The highest BCUT2D eigenvalue weighted by Gasteiger charge is 2.21. The molecule has 10 nitrogen and oxygen atoms in total. The van der Waals surface area contributed by atoms with Crippen LogP contribution in [0.25, 0.3) is 6.08 Å². The van der Waals surface area contributed by atoms with Crippen molar-refractivity contribution in [2.75, 3.05) is 57.7 Å². The number of carbonyl (C=O) groups is 1. The molecule has 1 saturated heterocycles. The van der Waals surface area contributed by atoms with Crippen molar-refractivity contribution in [1.82, 2.24) is 20.1 Å². The maximum atomic E-state index is 12.8. The molecule has 0 atom stereocenters. The van der Waals surface area contributed by atoms with E-state index in [0.29, 0.717) is 49.2 Å². The highest BCUT2D eigenvalue weighted by molar-refractivity contribution is 5.92. The summed E-state index contributed by atoms with van der Waals surface area (Å²) in [5.74, 6) is 2.97. The number of amides is 1. The van der Waals surface area contributed by atoms with Crippen LogP contribution in [-0.4, -0.2) is 73.5 Å². The van der Waals surface area contributed by atoms with Crippen molar-refractivity contribution in [2.24, 2.45) is 0 Å². The lowest BCUT2D eigenvalue weighted by Gasteiger charge is -2.34. The molecular formula is C25H28N6O4. The van der Waals surface area contributed by atoms with Gasteiger partial charge in [0, 0.05) is 50.3 Å². The SMILES string of the molecule is COc1cc(/C=C/C(=O)N2CCN(c3ccc(Nc4ccncc4)nn3)CC2)cc(OC)c1OC. The molecule has 1 amide bonds. The number of nitrogens with one attached hydrogen (secondary N) is 1. The Morgan fingerprint density at radius 3 is 2.17 bits per heavy atom. The first kappa shape index (κ1) is 23.8. The largest absolute Gasteiger partial charge is 0.493 e. The fourth-order valence-corrected chi connectivity index (χ4v) is 3.77. The van der Waals surface area contributed by atoms with E-state index in [0.717, 1.165) is 17.1 Å². The molecule has 0 bridgehead atoms. The number of carbonyl (C=O) groups excluding carboxylic acids is 1. The summed E-state index contributed by atoms with van der Waals surface area (Å²) in [7, 11) is 4.67. The molecule has 2 aromatic heterocycles. The molecule has 4 rings (SSSR count). The van der Waals surface area contributed by atoms with E-state index in [1.165, 1.54) is 0 Å². The maximum Gasteiger partial charge on any atom is 0.246 e. The molecule has 0 radical (unpaired) electrons. The molecule has 0 unspecified atom stereocenters. The Morgan fingerprint density at radius 2 is 1.60 bits per heavy atom. The summed E-state index contributed by atoms with van der Waals surface area (Å²) in [4.78, 5) is 20.7. The van der Waals surface area contributed by atoms with Gasteiger partial charge >= 0.3 is 0 Å². The number of benzene rings is 1. The molecule has 35 heavy (non-hydrogen) atoms. The van der Waals surface area contributed by atoms with Crippen molar-refractivity contribution >= 4 is 29.3 Å². The van der Waals surface area contributed by atoms with E-state index in [1.54, 1.807) is 58.0 Å². The van der Waals surface area contributed by atoms with Crippen LogP contribution in [0.4, 0.5) is 17.3 Å². The van der Waals surface area contributed by atoms with Gasteiger partial charge in [0.25, 0.3) is 0 Å². The third-order valence-electron chi connectivity index (χ3n) is 5.62. The first-order valence-electron chi connectivity index (χ1n) is 11.1. The molecule has 1 aliphatic rings. The average Bonchev–Trinajstić information content (AvgIpc) is 2.92. The average molecular weight is 477 g/mol. The molecule has 0 saturated carbocycles. The van der Waals surface area contributed by atoms with Crippen LogP contribution in [0, 0.1) is 0 Å². The fourth-order valence-electron chi connectivity index (χ4n) is 3.77. The summed E-state index contributed by atoms with van der Waals surface area (Å²) in [6.07, 6.45) is 6.74. The highest BCUT2D eigenvalue weighted by Crippen LogP contribution is 2.38. The Hall–Kier alpha value is -4.34. The van der Waals surface area contributed by atoms with Crippen molar-refractivity contribution in [3.8, 4) is 17.2 Å². The van der Waals surface area contributed by atoms with Crippen LogP contribution in [0.1, 0.15) is 5.56 Å². The molecular weight excluding hydrogens is 448 g/mol. The smallest absolute Gasteiger partial charge is 0.246 e. The second-order valence-corrected chi connectivity index (χ2v) is 7.74. The predicted octanol–water partition coefficient (Wildman–Crippen LogP) is 3.00. The monoisotopic (exact) mass is 476 g/mol. The molecule has 1 aliphatic heterocycles. The fraction of sp³-hybridized carbons (Fsp3) is 0.280. The minimum Gasteiger partial charge on any atom is -0.493 e. The Bertz CT molecular complexity index is 1140. The zero-order valence-corrected chi connectivity index (χ0v) is 20.0. The molecule has 1 N–H and O–H groups in total. The standard InChI is InChI=1S/C25H28N6O4/c1-33-20-16-18(17-21(34-2)25(20)35-3)4-7-24(32)31-14-12-30(13-15-31)23-6-5-22(28-29-23)27-19-8-10-26-11-9-19/h4-11,16-17H,12-15H2,1-3H3,(H,26,27,28)/b7-4+. The Morgan fingerprint density at radius 1 is 0.914 bits per heavy atom. The Balaban J connectivity index is 1.33. The summed E-state index contributed by atoms with van der Waals surface area (Å²) in [5.41, 5.74) is 1.68. The third kappa shape index (κ3) is 5.78. The highest BCUT2D eigenvalue weighted by atomic mass is 16.5. The van der Waals surface area contributed by atoms with E-state index in [9.17, 15) is 4.79 Å². The summed E-state index contributed by atoms with van der Waals surface area (Å²) >= 11 is 0. The van der Waals surface area contributed by atoms with Gasteiger partial charge in [0.1, 0.15) is 0 Å². The molecule has 1 fully saturated rings. The first-order valence-corrected chi connectivity index (χ1v) is 11.1. The van der Waals surface area contributed by atoms with Crippen LogP contribution in [0.15, 0.2) is 54.9 Å². The van der Waals surface area contributed by atoms with E-state index in [1.807, 2.05) is 29.2 Å². The minimum absolute atomic E-state index is 0.0543. The number of piperazine rings is 1. The van der Waals surface area contributed by atoms with Crippen molar-refractivity contribution in [3.63, 3.8) is 0 Å². The topological polar surface area (TPSA) is 102 Å². The number of methoxy groups -OCH3 is 3. The van der Waals surface area contributed by atoms with Crippen molar-refractivity contribution in [3.05, 3.63) is 60.4 Å². The number of rotatable bonds is 8. The quantitative estimate of drug-likeness (QED) is 0.492. The van der Waals surface area contributed by atoms with Gasteiger partial charge in [0.2, 0.25) is 11.7 Å². The molecule has 0 spiro atoms. The number of hydrogen-bond acceptors (Lipinski definition) is 9. The second kappa shape index (κ2) is 11.2. The van der Waals surface area contributed by atoms with E-state index in [4.69, 9.17) is 14.2 Å². The van der Waals surface area contributed by atoms with Crippen LogP contribution in [0.2, 0.25) is 0 Å². The van der Waals surface area contributed by atoms with Crippen LogP contribution in [-0.2, 0) is 4.79 Å². The van der Waals surface area contributed by atoms with Crippen LogP contribution in [0.3, 0.4) is 0 Å². The maximum absolute atomic E-state index is 12.8. The number of anilines is 3. The zero-order chi connectivity index (χ0) is 24.6. The van der Waals surface area contributed by atoms with E-state index >= 15 is 0 Å². The lowest BCUT2D eigenvalue weighted by Crippen LogP contribution is -2.48. The van der Waals surface area contributed by atoms with Gasteiger partial charge in [0.15, 0.2) is 23.1 Å². The van der Waals surface area contributed by atoms with Gasteiger partial charge in [0.05, 0.1) is 21.3 Å². The number of pyridine rings is 1. The number of hydrogen-bond donors (Lipinski definition) is 1. The zero-order valence-electron chi connectivity index (χ0n) is 20.0. The molecule has 3 heterocycles. The normalized spacial score (nSPS) is 13.6. The summed E-state index contributed by atoms with van der Waals surface area (Å²) in [6.45, 7) is 2.54. The minimum atomic E-state index is -0.0543. The lowest BCUT2D eigenvalue weighted by molar-refractivity contribution is -0.126. The molecule has 10 heteroatoms. The van der Waals surface area contributed by atoms with Gasteiger partial charge < -0.3 is 29.3 Å². The van der Waals surface area contributed by atoms with E-state index < -0.39 is 0 Å². The summed E-state index contributed by atoms with van der Waals surface area (Å²) in [6, 6.07) is 11.1. The van der Waals surface area contributed by atoms with Gasteiger partial charge in [-0.3, -0.25) is 9.78 Å². The molecule has 1 aromatic carbocycles.